The second-order valence-corrected chi connectivity index (χ2v) is 7.48. The van der Waals surface area contributed by atoms with Crippen molar-refractivity contribution >= 4 is 29.2 Å². The summed E-state index contributed by atoms with van der Waals surface area (Å²) in [6, 6.07) is 11.5. The summed E-state index contributed by atoms with van der Waals surface area (Å²) >= 11 is 5.53. The van der Waals surface area contributed by atoms with Crippen molar-refractivity contribution in [1.29, 1.82) is 0 Å². The Morgan fingerprint density at radius 2 is 1.90 bits per heavy atom. The molecule has 3 heterocycles. The first kappa shape index (κ1) is 19.5. The monoisotopic (exact) mass is 410 g/mol. The number of nitrogens with zero attached hydrogens (tertiary/aromatic N) is 4. The minimum absolute atomic E-state index is 0.126. The summed E-state index contributed by atoms with van der Waals surface area (Å²) in [5, 5.41) is 0.388. The van der Waals surface area contributed by atoms with E-state index in [1.165, 1.54) is 4.57 Å². The zero-order chi connectivity index (χ0) is 20.5. The number of carbonyl (C=O) groups excluding carboxylic acids is 1. The van der Waals surface area contributed by atoms with Gasteiger partial charge >= 0.3 is 0 Å². The van der Waals surface area contributed by atoms with Crippen LogP contribution in [0, 0.1) is 11.7 Å². The van der Waals surface area contributed by atoms with Crippen LogP contribution in [0.25, 0.3) is 11.0 Å². The third-order valence-corrected chi connectivity index (χ3v) is 5.71. The number of rotatable bonds is 3. The van der Waals surface area contributed by atoms with E-state index in [9.17, 15) is 9.59 Å². The highest BCUT2D eigenvalue weighted by molar-refractivity contribution is 7.71. The number of morpholine rings is 1. The predicted molar refractivity (Wildman–Crippen MR) is 113 cm³/mol. The molecule has 1 aliphatic rings. The second kappa shape index (κ2) is 7.88. The van der Waals surface area contributed by atoms with Crippen LogP contribution in [0.2, 0.25) is 0 Å². The SMILES string of the molecule is Cc1nc2c(cc1C(=O)N1CCOCC1)c(=O)n(C)c(=S)n2Cc1ccccc1. The molecular weight excluding hydrogens is 388 g/mol. The molecule has 4 rings (SSSR count). The Kier molecular flexibility index (Phi) is 5.29. The third kappa shape index (κ3) is 3.61. The largest absolute Gasteiger partial charge is 0.378 e. The van der Waals surface area contributed by atoms with Gasteiger partial charge in [-0.2, -0.15) is 0 Å². The van der Waals surface area contributed by atoms with Crippen molar-refractivity contribution in [2.45, 2.75) is 13.5 Å². The van der Waals surface area contributed by atoms with Gasteiger partial charge in [-0.3, -0.25) is 18.7 Å². The number of ether oxygens (including phenoxy) is 1. The maximum absolute atomic E-state index is 13.0. The van der Waals surface area contributed by atoms with Crippen LogP contribution in [0.15, 0.2) is 41.2 Å². The molecule has 7 nitrogen and oxygen atoms in total. The first-order valence-electron chi connectivity index (χ1n) is 9.49. The van der Waals surface area contributed by atoms with Gasteiger partial charge in [0.1, 0.15) is 5.65 Å². The van der Waals surface area contributed by atoms with Crippen LogP contribution in [0.1, 0.15) is 21.6 Å². The average molecular weight is 410 g/mol. The number of hydrogen-bond acceptors (Lipinski definition) is 5. The van der Waals surface area contributed by atoms with Crippen molar-refractivity contribution in [1.82, 2.24) is 19.0 Å². The molecular formula is C21H22N4O3S. The van der Waals surface area contributed by atoms with Gasteiger partial charge in [0, 0.05) is 20.1 Å². The molecule has 0 atom stereocenters. The van der Waals surface area contributed by atoms with E-state index in [-0.39, 0.29) is 11.5 Å². The first-order valence-corrected chi connectivity index (χ1v) is 9.90. The summed E-state index contributed by atoms with van der Waals surface area (Å²) in [5.74, 6) is -0.126. The lowest BCUT2D eigenvalue weighted by Gasteiger charge is -2.27. The molecule has 8 heteroatoms. The number of aryl methyl sites for hydroxylation is 1. The van der Waals surface area contributed by atoms with E-state index in [0.29, 0.717) is 59.9 Å². The molecule has 2 aromatic heterocycles. The standard InChI is InChI=1S/C21H22N4O3S/c1-14-16(20(27)24-8-10-28-11-9-24)12-17-18(22-14)25(21(29)23(2)19(17)26)13-15-6-4-3-5-7-15/h3-7,12H,8-11,13H2,1-2H3. The summed E-state index contributed by atoms with van der Waals surface area (Å²) in [6.07, 6.45) is 0. The molecule has 0 radical (unpaired) electrons. The van der Waals surface area contributed by atoms with E-state index in [1.807, 2.05) is 34.9 Å². The van der Waals surface area contributed by atoms with Crippen molar-refractivity contribution in [3.63, 3.8) is 0 Å². The van der Waals surface area contributed by atoms with Crippen LogP contribution in [0.4, 0.5) is 0 Å². The fraction of sp³-hybridized carbons (Fsp3) is 0.333. The molecule has 1 saturated heterocycles. The normalized spacial score (nSPS) is 14.3. The lowest BCUT2D eigenvalue weighted by atomic mass is 10.1. The van der Waals surface area contributed by atoms with Crippen molar-refractivity contribution in [2.75, 3.05) is 26.3 Å². The van der Waals surface area contributed by atoms with Crippen LogP contribution >= 0.6 is 12.2 Å². The Labute approximate surface area is 173 Å². The Morgan fingerprint density at radius 1 is 1.21 bits per heavy atom. The van der Waals surface area contributed by atoms with Crippen LogP contribution in [0.5, 0.6) is 0 Å². The Balaban J connectivity index is 1.88. The lowest BCUT2D eigenvalue weighted by Crippen LogP contribution is -2.41. The minimum Gasteiger partial charge on any atom is -0.378 e. The first-order chi connectivity index (χ1) is 14.0. The molecule has 0 spiro atoms. The highest BCUT2D eigenvalue weighted by Gasteiger charge is 2.23. The Morgan fingerprint density at radius 3 is 2.59 bits per heavy atom. The quantitative estimate of drug-likeness (QED) is 0.620. The van der Waals surface area contributed by atoms with Gasteiger partial charge in [-0.1, -0.05) is 30.3 Å². The van der Waals surface area contributed by atoms with Crippen molar-refractivity contribution in [3.05, 3.63) is 68.3 Å². The summed E-state index contributed by atoms with van der Waals surface area (Å²) in [7, 11) is 1.65. The van der Waals surface area contributed by atoms with E-state index in [1.54, 1.807) is 24.9 Å². The van der Waals surface area contributed by atoms with E-state index >= 15 is 0 Å². The zero-order valence-corrected chi connectivity index (χ0v) is 17.2. The molecule has 3 aromatic rings. The van der Waals surface area contributed by atoms with Crippen LogP contribution in [-0.2, 0) is 18.3 Å². The molecule has 1 aromatic carbocycles. The summed E-state index contributed by atoms with van der Waals surface area (Å²) in [4.78, 5) is 32.3. The minimum atomic E-state index is -0.252. The van der Waals surface area contributed by atoms with Gasteiger partial charge in [-0.25, -0.2) is 4.98 Å². The van der Waals surface area contributed by atoms with Gasteiger partial charge in [0.05, 0.1) is 36.4 Å². The topological polar surface area (TPSA) is 69.4 Å². The fourth-order valence-corrected chi connectivity index (χ4v) is 3.79. The second-order valence-electron chi connectivity index (χ2n) is 7.12. The zero-order valence-electron chi connectivity index (χ0n) is 16.4. The summed E-state index contributed by atoms with van der Waals surface area (Å²) < 4.78 is 9.00. The van der Waals surface area contributed by atoms with E-state index < -0.39 is 0 Å². The van der Waals surface area contributed by atoms with E-state index in [4.69, 9.17) is 17.0 Å². The van der Waals surface area contributed by atoms with Crippen molar-refractivity contribution in [3.8, 4) is 0 Å². The maximum atomic E-state index is 13.0. The molecule has 0 saturated carbocycles. The van der Waals surface area contributed by atoms with Crippen molar-refractivity contribution in [2.24, 2.45) is 7.05 Å². The van der Waals surface area contributed by atoms with Crippen LogP contribution < -0.4 is 5.56 Å². The Bertz CT molecular complexity index is 1190. The number of fused-ring (bicyclic) bond motifs is 1. The number of amides is 1. The van der Waals surface area contributed by atoms with Crippen LogP contribution in [0.3, 0.4) is 0 Å². The van der Waals surface area contributed by atoms with Gasteiger partial charge in [0.2, 0.25) is 0 Å². The highest BCUT2D eigenvalue weighted by Crippen LogP contribution is 2.18. The summed E-state index contributed by atoms with van der Waals surface area (Å²) in [6.45, 7) is 4.39. The van der Waals surface area contributed by atoms with Crippen molar-refractivity contribution < 1.29 is 9.53 Å². The molecule has 0 unspecified atom stereocenters. The molecule has 150 valence electrons. The van der Waals surface area contributed by atoms with Crippen LogP contribution in [-0.4, -0.2) is 51.2 Å². The Hall–Kier alpha value is -2.84. The van der Waals surface area contributed by atoms with Gasteiger partial charge in [-0.05, 0) is 30.8 Å². The molecule has 0 aliphatic carbocycles. The number of pyridine rings is 1. The summed E-state index contributed by atoms with van der Waals surface area (Å²) in [5.41, 5.74) is 2.32. The van der Waals surface area contributed by atoms with Gasteiger partial charge in [-0.15, -0.1) is 0 Å². The van der Waals surface area contributed by atoms with Gasteiger partial charge < -0.3 is 9.64 Å². The maximum Gasteiger partial charge on any atom is 0.263 e. The van der Waals surface area contributed by atoms with Gasteiger partial charge in [0.15, 0.2) is 4.77 Å². The number of carbonyl (C=O) groups is 1. The third-order valence-electron chi connectivity index (χ3n) is 5.21. The number of hydrogen-bond donors (Lipinski definition) is 0. The smallest absolute Gasteiger partial charge is 0.263 e. The molecule has 0 N–H and O–H groups in total. The molecule has 1 aliphatic heterocycles. The molecule has 0 bridgehead atoms. The number of benzene rings is 1. The highest BCUT2D eigenvalue weighted by atomic mass is 32.1. The number of aromatic nitrogens is 3. The van der Waals surface area contributed by atoms with Gasteiger partial charge in [0.25, 0.3) is 11.5 Å². The molecule has 1 amide bonds. The molecule has 29 heavy (non-hydrogen) atoms. The van der Waals surface area contributed by atoms with E-state index in [0.717, 1.165) is 5.56 Å². The average Bonchev–Trinajstić information content (AvgIpc) is 2.76. The predicted octanol–water partition coefficient (Wildman–Crippen LogP) is 2.29. The lowest BCUT2D eigenvalue weighted by molar-refractivity contribution is 0.0302. The van der Waals surface area contributed by atoms with E-state index in [2.05, 4.69) is 4.98 Å². The fourth-order valence-electron chi connectivity index (χ4n) is 3.56. The molecule has 1 fully saturated rings.